The van der Waals surface area contributed by atoms with Gasteiger partial charge in [0, 0.05) is 18.9 Å². The van der Waals surface area contributed by atoms with E-state index < -0.39 is 0 Å². The van der Waals surface area contributed by atoms with Gasteiger partial charge in [0.25, 0.3) is 0 Å². The number of hydrogen-bond donors (Lipinski definition) is 1. The largest absolute Gasteiger partial charge is 0.311 e. The average Bonchev–Trinajstić information content (AvgIpc) is 2.76. The first-order valence-corrected chi connectivity index (χ1v) is 6.20. The first-order chi connectivity index (χ1) is 8.66. The van der Waals surface area contributed by atoms with Crippen LogP contribution in [-0.2, 0) is 6.54 Å². The Morgan fingerprint density at radius 2 is 2.11 bits per heavy atom. The molecule has 18 heavy (non-hydrogen) atoms. The summed E-state index contributed by atoms with van der Waals surface area (Å²) in [5.74, 6) is 2.36. The third kappa shape index (κ3) is 3.13. The quantitative estimate of drug-likeness (QED) is 0.871. The molecule has 0 aliphatic heterocycles. The molecule has 0 fully saturated rings. The Morgan fingerprint density at radius 1 is 1.28 bits per heavy atom. The highest BCUT2D eigenvalue weighted by Crippen LogP contribution is 2.06. The number of imidazole rings is 1. The first kappa shape index (κ1) is 12.7. The van der Waals surface area contributed by atoms with Crippen LogP contribution < -0.4 is 5.32 Å². The molecule has 0 amide bonds. The highest BCUT2D eigenvalue weighted by Gasteiger charge is 2.03. The van der Waals surface area contributed by atoms with Gasteiger partial charge in [-0.15, -0.1) is 5.10 Å². The molecule has 5 nitrogen and oxygen atoms in total. The summed E-state index contributed by atoms with van der Waals surface area (Å²) in [5, 5.41) is 11.8. The maximum atomic E-state index is 4.21. The van der Waals surface area contributed by atoms with Gasteiger partial charge in [-0.3, -0.25) is 4.57 Å². The molecule has 0 unspecified atom stereocenters. The smallest absolute Gasteiger partial charge is 0.160 e. The van der Waals surface area contributed by atoms with Crippen LogP contribution in [0, 0.1) is 12.8 Å². The van der Waals surface area contributed by atoms with E-state index in [1.165, 1.54) is 0 Å². The van der Waals surface area contributed by atoms with Crippen molar-refractivity contribution in [3.63, 3.8) is 0 Å². The molecule has 2 heterocycles. The van der Waals surface area contributed by atoms with Gasteiger partial charge in [-0.2, -0.15) is 5.10 Å². The number of nitrogens with one attached hydrogen (secondary N) is 1. The third-order valence-electron chi connectivity index (χ3n) is 2.64. The van der Waals surface area contributed by atoms with Gasteiger partial charge in [0.15, 0.2) is 5.82 Å². The fraction of sp³-hybridized carbons (Fsp3) is 0.462. The van der Waals surface area contributed by atoms with Crippen molar-refractivity contribution in [1.82, 2.24) is 25.1 Å². The maximum Gasteiger partial charge on any atom is 0.160 e. The van der Waals surface area contributed by atoms with Gasteiger partial charge >= 0.3 is 0 Å². The van der Waals surface area contributed by atoms with Gasteiger partial charge in [0.2, 0.25) is 0 Å². The van der Waals surface area contributed by atoms with Crippen LogP contribution in [0.5, 0.6) is 0 Å². The Morgan fingerprint density at radius 3 is 2.67 bits per heavy atom. The van der Waals surface area contributed by atoms with Crippen molar-refractivity contribution in [3.05, 3.63) is 36.0 Å². The maximum absolute atomic E-state index is 4.21. The number of nitrogens with zero attached hydrogens (tertiary/aromatic N) is 4. The van der Waals surface area contributed by atoms with Gasteiger partial charge in [-0.25, -0.2) is 4.98 Å². The second kappa shape index (κ2) is 5.73. The van der Waals surface area contributed by atoms with Gasteiger partial charge in [-0.05, 0) is 31.5 Å². The molecule has 1 N–H and O–H groups in total. The molecule has 0 spiro atoms. The van der Waals surface area contributed by atoms with E-state index >= 15 is 0 Å². The Hall–Kier alpha value is -1.75. The molecule has 5 heteroatoms. The minimum Gasteiger partial charge on any atom is -0.311 e. The normalized spacial score (nSPS) is 11.1. The van der Waals surface area contributed by atoms with Gasteiger partial charge in [0.1, 0.15) is 5.82 Å². The summed E-state index contributed by atoms with van der Waals surface area (Å²) in [5.41, 5.74) is 0.956. The minimum atomic E-state index is 0.644. The minimum absolute atomic E-state index is 0.644. The molecule has 0 radical (unpaired) electrons. The molecule has 0 atom stereocenters. The summed E-state index contributed by atoms with van der Waals surface area (Å²) in [6, 6.07) is 3.96. The van der Waals surface area contributed by atoms with E-state index in [4.69, 9.17) is 0 Å². The molecular formula is C13H19N5. The lowest BCUT2D eigenvalue weighted by molar-refractivity contribution is 0.546. The van der Waals surface area contributed by atoms with Crippen molar-refractivity contribution in [2.24, 2.45) is 5.92 Å². The molecule has 0 saturated carbocycles. The van der Waals surface area contributed by atoms with Gasteiger partial charge in [-0.1, -0.05) is 13.8 Å². The van der Waals surface area contributed by atoms with Crippen LogP contribution in [0.15, 0.2) is 24.5 Å². The lowest BCUT2D eigenvalue weighted by Gasteiger charge is -2.07. The molecular weight excluding hydrogens is 226 g/mol. The summed E-state index contributed by atoms with van der Waals surface area (Å²) < 4.78 is 1.92. The predicted molar refractivity (Wildman–Crippen MR) is 70.4 cm³/mol. The molecule has 0 aromatic carbocycles. The van der Waals surface area contributed by atoms with Crippen LogP contribution in [-0.4, -0.2) is 26.3 Å². The monoisotopic (exact) mass is 245 g/mol. The zero-order valence-corrected chi connectivity index (χ0v) is 11.1. The van der Waals surface area contributed by atoms with Crippen LogP contribution in [0.2, 0.25) is 0 Å². The van der Waals surface area contributed by atoms with Crippen LogP contribution in [0.4, 0.5) is 0 Å². The SMILES string of the molecule is Cc1nccn1-c1ccc(CNCC(C)C)nn1. The fourth-order valence-electron chi connectivity index (χ4n) is 1.68. The fourth-order valence-corrected chi connectivity index (χ4v) is 1.68. The van der Waals surface area contributed by atoms with Crippen LogP contribution in [0.25, 0.3) is 5.82 Å². The van der Waals surface area contributed by atoms with E-state index in [1.54, 1.807) is 6.20 Å². The van der Waals surface area contributed by atoms with Crippen LogP contribution in [0.1, 0.15) is 25.4 Å². The second-order valence-electron chi connectivity index (χ2n) is 4.75. The zero-order valence-electron chi connectivity index (χ0n) is 11.1. The lowest BCUT2D eigenvalue weighted by Crippen LogP contribution is -2.20. The van der Waals surface area contributed by atoms with E-state index in [-0.39, 0.29) is 0 Å². The molecule has 0 aliphatic carbocycles. The van der Waals surface area contributed by atoms with E-state index in [0.29, 0.717) is 5.92 Å². The molecule has 96 valence electrons. The summed E-state index contributed by atoms with van der Waals surface area (Å²) in [6.07, 6.45) is 3.64. The van der Waals surface area contributed by atoms with E-state index in [9.17, 15) is 0 Å². The van der Waals surface area contributed by atoms with Gasteiger partial charge < -0.3 is 5.32 Å². The number of hydrogen-bond acceptors (Lipinski definition) is 4. The van der Waals surface area contributed by atoms with Crippen LogP contribution >= 0.6 is 0 Å². The van der Waals surface area contributed by atoms with Crippen LogP contribution in [0.3, 0.4) is 0 Å². The Labute approximate surface area is 107 Å². The van der Waals surface area contributed by atoms with Crippen molar-refractivity contribution in [1.29, 1.82) is 0 Å². The van der Waals surface area contributed by atoms with Crippen molar-refractivity contribution < 1.29 is 0 Å². The lowest BCUT2D eigenvalue weighted by atomic mass is 10.2. The standard InChI is InChI=1S/C13H19N5/c1-10(2)8-14-9-12-4-5-13(17-16-12)18-7-6-15-11(18)3/h4-7,10,14H,8-9H2,1-3H3. The highest BCUT2D eigenvalue weighted by molar-refractivity contribution is 5.23. The molecule has 2 rings (SSSR count). The van der Waals surface area contributed by atoms with Crippen molar-refractivity contribution in [2.45, 2.75) is 27.3 Å². The summed E-state index contributed by atoms with van der Waals surface area (Å²) in [4.78, 5) is 4.17. The third-order valence-corrected chi connectivity index (χ3v) is 2.64. The molecule has 0 bridgehead atoms. The second-order valence-corrected chi connectivity index (χ2v) is 4.75. The average molecular weight is 245 g/mol. The van der Waals surface area contributed by atoms with E-state index in [2.05, 4.69) is 34.3 Å². The molecule has 0 saturated heterocycles. The predicted octanol–water partition coefficient (Wildman–Crippen LogP) is 1.72. The summed E-state index contributed by atoms with van der Waals surface area (Å²) >= 11 is 0. The van der Waals surface area contributed by atoms with E-state index in [1.807, 2.05) is 29.8 Å². The summed E-state index contributed by atoms with van der Waals surface area (Å²) in [6.45, 7) is 8.06. The van der Waals surface area contributed by atoms with E-state index in [0.717, 1.165) is 30.4 Å². The highest BCUT2D eigenvalue weighted by atomic mass is 15.2. The number of aryl methyl sites for hydroxylation is 1. The number of rotatable bonds is 5. The first-order valence-electron chi connectivity index (χ1n) is 6.20. The molecule has 2 aromatic rings. The van der Waals surface area contributed by atoms with Crippen molar-refractivity contribution in [3.8, 4) is 5.82 Å². The molecule has 2 aromatic heterocycles. The topological polar surface area (TPSA) is 55.6 Å². The van der Waals surface area contributed by atoms with Crippen molar-refractivity contribution in [2.75, 3.05) is 6.54 Å². The Kier molecular flexibility index (Phi) is 4.04. The summed E-state index contributed by atoms with van der Waals surface area (Å²) in [7, 11) is 0. The molecule has 0 aliphatic rings. The zero-order chi connectivity index (χ0) is 13.0. The Balaban J connectivity index is 2.00. The number of aromatic nitrogens is 4. The Bertz CT molecular complexity index is 486. The van der Waals surface area contributed by atoms with Gasteiger partial charge in [0.05, 0.1) is 5.69 Å². The van der Waals surface area contributed by atoms with Crippen molar-refractivity contribution >= 4 is 0 Å².